The molecule has 3 heterocycles. The van der Waals surface area contributed by atoms with Crippen molar-refractivity contribution in [2.45, 2.75) is 13.0 Å². The van der Waals surface area contributed by atoms with Gasteiger partial charge < -0.3 is 24.7 Å². The lowest BCUT2D eigenvalue weighted by Gasteiger charge is -2.29. The summed E-state index contributed by atoms with van der Waals surface area (Å²) < 4.78 is 20.1. The van der Waals surface area contributed by atoms with Gasteiger partial charge in [0, 0.05) is 60.0 Å². The van der Waals surface area contributed by atoms with Gasteiger partial charge in [0.2, 0.25) is 0 Å². The Morgan fingerprint density at radius 1 is 1.30 bits per heavy atom. The van der Waals surface area contributed by atoms with Gasteiger partial charge in [0.15, 0.2) is 5.58 Å². The summed E-state index contributed by atoms with van der Waals surface area (Å²) in [6.45, 7) is 1.89. The summed E-state index contributed by atoms with van der Waals surface area (Å²) in [5, 5.41) is 12.5. The van der Waals surface area contributed by atoms with E-state index in [0.717, 1.165) is 40.9 Å². The summed E-state index contributed by atoms with van der Waals surface area (Å²) >= 11 is 0. The lowest BCUT2D eigenvalue weighted by molar-refractivity contribution is 0.310. The van der Waals surface area contributed by atoms with Gasteiger partial charge in [0.05, 0.1) is 6.61 Å². The molecule has 138 valence electrons. The zero-order chi connectivity index (χ0) is 18.4. The van der Waals surface area contributed by atoms with E-state index in [4.69, 9.17) is 9.52 Å². The second-order valence-electron chi connectivity index (χ2n) is 6.74. The monoisotopic (exact) mass is 366 g/mol. The van der Waals surface area contributed by atoms with E-state index in [-0.39, 0.29) is 12.4 Å². The van der Waals surface area contributed by atoms with Gasteiger partial charge in [0.1, 0.15) is 11.3 Å². The van der Waals surface area contributed by atoms with Gasteiger partial charge >= 0.3 is 0 Å². The van der Waals surface area contributed by atoms with Crippen molar-refractivity contribution in [2.24, 2.45) is 0 Å². The van der Waals surface area contributed by atoms with Crippen molar-refractivity contribution < 1.29 is 13.9 Å². The Morgan fingerprint density at radius 2 is 2.22 bits per heavy atom. The molecule has 0 saturated heterocycles. The molecule has 7 heteroatoms. The van der Waals surface area contributed by atoms with E-state index in [1.54, 1.807) is 6.07 Å². The van der Waals surface area contributed by atoms with Crippen LogP contribution in [0.2, 0.25) is 0 Å². The molecule has 3 N–H and O–H groups in total. The largest absolute Gasteiger partial charge is 0.423 e. The van der Waals surface area contributed by atoms with E-state index in [1.807, 2.05) is 24.3 Å². The highest BCUT2D eigenvalue weighted by Gasteiger charge is 2.23. The average Bonchev–Trinajstić information content (AvgIpc) is 3.26. The number of nitrogens with zero attached hydrogens (tertiary/aromatic N) is 2. The highest BCUT2D eigenvalue weighted by atomic mass is 19.1. The van der Waals surface area contributed by atoms with Crippen LogP contribution in [0, 0.1) is 5.82 Å². The van der Waals surface area contributed by atoms with Gasteiger partial charge in [-0.1, -0.05) is 6.07 Å². The molecular formula is C20H19FN4O2. The molecule has 0 fully saturated rings. The van der Waals surface area contributed by atoms with Crippen LogP contribution in [-0.2, 0) is 13.0 Å². The number of oxazole rings is 1. The average molecular weight is 366 g/mol. The molecule has 0 spiro atoms. The number of halogens is 1. The van der Waals surface area contributed by atoms with Gasteiger partial charge in [-0.05, 0) is 24.3 Å². The van der Waals surface area contributed by atoms with Crippen molar-refractivity contribution in [3.8, 4) is 0 Å². The second-order valence-corrected chi connectivity index (χ2v) is 6.74. The summed E-state index contributed by atoms with van der Waals surface area (Å²) in [6, 6.07) is 11.5. The molecule has 1 aliphatic rings. The van der Waals surface area contributed by atoms with Gasteiger partial charge in [-0.2, -0.15) is 4.98 Å². The summed E-state index contributed by atoms with van der Waals surface area (Å²) in [5.41, 5.74) is 5.45. The first-order chi connectivity index (χ1) is 13.2. The molecule has 0 saturated carbocycles. The van der Waals surface area contributed by atoms with Crippen LogP contribution in [0.5, 0.6) is 0 Å². The van der Waals surface area contributed by atoms with Crippen molar-refractivity contribution >= 4 is 33.7 Å². The number of hydrogen-bond acceptors (Lipinski definition) is 5. The normalized spacial score (nSPS) is 14.1. The smallest absolute Gasteiger partial charge is 0.295 e. The van der Waals surface area contributed by atoms with Gasteiger partial charge in [-0.15, -0.1) is 0 Å². The van der Waals surface area contributed by atoms with E-state index in [0.29, 0.717) is 30.1 Å². The van der Waals surface area contributed by atoms with Gasteiger partial charge in [-0.3, -0.25) is 0 Å². The van der Waals surface area contributed by atoms with E-state index in [1.165, 1.54) is 6.07 Å². The Labute approximate surface area is 154 Å². The van der Waals surface area contributed by atoms with Crippen LogP contribution in [0.15, 0.2) is 40.8 Å². The number of aromatic nitrogens is 2. The molecule has 4 aromatic rings. The molecule has 2 aromatic carbocycles. The number of aromatic amines is 1. The number of nitrogens with one attached hydrogen (secondary N) is 2. The minimum absolute atomic E-state index is 0.0151. The van der Waals surface area contributed by atoms with Crippen LogP contribution in [0.25, 0.3) is 22.0 Å². The van der Waals surface area contributed by atoms with E-state index in [2.05, 4.69) is 20.2 Å². The number of anilines is 2. The molecule has 1 aliphatic heterocycles. The van der Waals surface area contributed by atoms with Gasteiger partial charge in [-0.25, -0.2) is 4.39 Å². The van der Waals surface area contributed by atoms with E-state index < -0.39 is 0 Å². The molecule has 2 aromatic heterocycles. The Balaban J connectivity index is 1.48. The van der Waals surface area contributed by atoms with Crippen LogP contribution in [0.4, 0.5) is 16.1 Å². The fourth-order valence-corrected chi connectivity index (χ4v) is 3.80. The van der Waals surface area contributed by atoms with E-state index in [9.17, 15) is 4.39 Å². The van der Waals surface area contributed by atoms with Crippen LogP contribution in [-0.4, -0.2) is 34.8 Å². The van der Waals surface area contributed by atoms with Crippen LogP contribution < -0.4 is 10.2 Å². The number of aliphatic hydroxyl groups excluding tert-OH is 1. The van der Waals surface area contributed by atoms with Crippen molar-refractivity contribution in [3.05, 3.63) is 53.5 Å². The summed E-state index contributed by atoms with van der Waals surface area (Å²) in [4.78, 5) is 9.94. The summed E-state index contributed by atoms with van der Waals surface area (Å²) in [7, 11) is 0. The predicted molar refractivity (Wildman–Crippen MR) is 103 cm³/mol. The van der Waals surface area contributed by atoms with Crippen molar-refractivity contribution in [1.29, 1.82) is 0 Å². The topological polar surface area (TPSA) is 77.3 Å². The van der Waals surface area contributed by atoms with Crippen molar-refractivity contribution in [3.63, 3.8) is 0 Å². The standard InChI is InChI=1S/C20H19FN4O2/c21-14-2-1-3-17-19(14)13-11-25(8-6-15(13)23-17)12-4-5-16-18(10-12)27-20(24-16)22-7-9-26/h1-5,10,23,26H,6-9,11H2,(H,22,24). The first kappa shape index (κ1) is 16.1. The molecule has 0 unspecified atom stereocenters. The number of rotatable bonds is 4. The van der Waals surface area contributed by atoms with Crippen molar-refractivity contribution in [1.82, 2.24) is 9.97 Å². The van der Waals surface area contributed by atoms with Crippen LogP contribution in [0.3, 0.4) is 0 Å². The number of aliphatic hydroxyl groups is 1. The maximum Gasteiger partial charge on any atom is 0.295 e. The highest BCUT2D eigenvalue weighted by molar-refractivity contribution is 5.86. The fourth-order valence-electron chi connectivity index (χ4n) is 3.80. The molecule has 0 aliphatic carbocycles. The molecule has 0 radical (unpaired) electrons. The number of H-pyrrole nitrogens is 1. The molecule has 27 heavy (non-hydrogen) atoms. The minimum Gasteiger partial charge on any atom is -0.423 e. The molecule has 0 amide bonds. The number of benzene rings is 2. The molecule has 0 atom stereocenters. The highest BCUT2D eigenvalue weighted by Crippen LogP contribution is 2.33. The fraction of sp³-hybridized carbons (Fsp3) is 0.250. The lowest BCUT2D eigenvalue weighted by Crippen LogP contribution is -2.30. The molecule has 0 bridgehead atoms. The predicted octanol–water partition coefficient (Wildman–Crippen LogP) is 3.42. The molecule has 5 rings (SSSR count). The molecular weight excluding hydrogens is 347 g/mol. The summed E-state index contributed by atoms with van der Waals surface area (Å²) in [5.74, 6) is -0.183. The quantitative estimate of drug-likeness (QED) is 0.516. The first-order valence-electron chi connectivity index (χ1n) is 9.01. The van der Waals surface area contributed by atoms with Crippen molar-refractivity contribution in [2.75, 3.05) is 29.9 Å². The minimum atomic E-state index is -0.183. The maximum absolute atomic E-state index is 14.4. The third-order valence-corrected chi connectivity index (χ3v) is 5.07. The Kier molecular flexibility index (Phi) is 3.75. The third-order valence-electron chi connectivity index (χ3n) is 5.07. The Morgan fingerprint density at radius 3 is 3.11 bits per heavy atom. The summed E-state index contributed by atoms with van der Waals surface area (Å²) in [6.07, 6.45) is 0.835. The second kappa shape index (κ2) is 6.28. The SMILES string of the molecule is OCCNc1nc2ccc(N3CCc4[nH]c5cccc(F)c5c4C3)cc2o1. The first-order valence-corrected chi connectivity index (χ1v) is 9.01. The lowest BCUT2D eigenvalue weighted by atomic mass is 10.0. The van der Waals surface area contributed by atoms with Crippen LogP contribution >= 0.6 is 0 Å². The van der Waals surface area contributed by atoms with Crippen LogP contribution in [0.1, 0.15) is 11.3 Å². The molecule has 6 nitrogen and oxygen atoms in total. The van der Waals surface area contributed by atoms with E-state index >= 15 is 0 Å². The zero-order valence-corrected chi connectivity index (χ0v) is 14.6. The Hall–Kier alpha value is -3.06. The maximum atomic E-state index is 14.4. The van der Waals surface area contributed by atoms with Gasteiger partial charge in [0.25, 0.3) is 6.01 Å². The third kappa shape index (κ3) is 2.71. The number of hydrogen-bond donors (Lipinski definition) is 3. The zero-order valence-electron chi connectivity index (χ0n) is 14.6. The number of fused-ring (bicyclic) bond motifs is 4. The Bertz CT molecular complexity index is 1130.